The molecule has 9 rings (SSSR count). The molecule has 0 fully saturated rings. The van der Waals surface area contributed by atoms with Gasteiger partial charge in [-0.15, -0.1) is 0 Å². The summed E-state index contributed by atoms with van der Waals surface area (Å²) < 4.78 is 13.4. The fraction of sp³-hybridized carbons (Fsp3) is 0. The maximum Gasteiger partial charge on any atom is 0.160 e. The van der Waals surface area contributed by atoms with Crippen molar-refractivity contribution in [2.75, 3.05) is 0 Å². The van der Waals surface area contributed by atoms with Crippen molar-refractivity contribution in [2.24, 2.45) is 0 Å². The highest BCUT2D eigenvalue weighted by molar-refractivity contribution is 6.21. The number of fused-ring (bicyclic) bond motifs is 16. The molecule has 4 aromatic carbocycles. The Kier molecular flexibility index (Phi) is 3.25. The maximum atomic E-state index is 6.68. The van der Waals surface area contributed by atoms with Crippen molar-refractivity contribution >= 4 is 43.7 Å². The van der Waals surface area contributed by atoms with E-state index in [1.54, 1.807) is 0 Å². The quantitative estimate of drug-likeness (QED) is 0.236. The Labute approximate surface area is 204 Å². The third-order valence-electron chi connectivity index (χ3n) is 7.56. The Hall–Kier alpha value is -4.96. The van der Waals surface area contributed by atoms with Crippen LogP contribution in [-0.4, -0.2) is 9.97 Å². The van der Waals surface area contributed by atoms with Gasteiger partial charge in [-0.3, -0.25) is 0 Å². The average molecular weight is 463 g/mol. The Balaban J connectivity index is 1.61. The van der Waals surface area contributed by atoms with Crippen molar-refractivity contribution < 1.29 is 8.83 Å². The van der Waals surface area contributed by atoms with E-state index in [0.717, 1.165) is 88.9 Å². The van der Waals surface area contributed by atoms with E-state index in [1.165, 1.54) is 0 Å². The molecule has 36 heavy (non-hydrogen) atoms. The van der Waals surface area contributed by atoms with Crippen molar-refractivity contribution in [3.05, 3.63) is 97.1 Å². The van der Waals surface area contributed by atoms with E-state index in [4.69, 9.17) is 8.83 Å². The van der Waals surface area contributed by atoms with E-state index < -0.39 is 0 Å². The molecule has 0 aliphatic heterocycles. The highest BCUT2D eigenvalue weighted by Gasteiger charge is 2.34. The van der Waals surface area contributed by atoms with Gasteiger partial charge >= 0.3 is 0 Å². The molecule has 0 saturated heterocycles. The molecule has 4 heterocycles. The van der Waals surface area contributed by atoms with Crippen molar-refractivity contribution in [1.29, 1.82) is 0 Å². The normalized spacial score (nSPS) is 12.4. The molecule has 4 nitrogen and oxygen atoms in total. The first kappa shape index (κ1) is 18.4. The molecule has 4 heteroatoms. The van der Waals surface area contributed by atoms with Crippen LogP contribution >= 0.6 is 0 Å². The Morgan fingerprint density at radius 2 is 0.778 bits per heavy atom. The van der Waals surface area contributed by atoms with Crippen LogP contribution in [0.5, 0.6) is 0 Å². The fourth-order valence-corrected chi connectivity index (χ4v) is 6.08. The average Bonchev–Trinajstić information content (AvgIpc) is 3.66. The molecular weight excluding hydrogens is 444 g/mol. The van der Waals surface area contributed by atoms with Gasteiger partial charge in [0.25, 0.3) is 0 Å². The second-order valence-electron chi connectivity index (χ2n) is 9.45. The van der Waals surface area contributed by atoms with Crippen molar-refractivity contribution in [3.8, 4) is 45.2 Å². The van der Waals surface area contributed by atoms with Crippen LogP contribution in [0.15, 0.2) is 106 Å². The van der Waals surface area contributed by atoms with Gasteiger partial charge in [-0.2, -0.15) is 0 Å². The first-order valence-electron chi connectivity index (χ1n) is 12.1. The molecule has 2 N–H and O–H groups in total. The van der Waals surface area contributed by atoms with E-state index in [2.05, 4.69) is 82.8 Å². The van der Waals surface area contributed by atoms with Gasteiger partial charge in [0.15, 0.2) is 11.5 Å². The van der Waals surface area contributed by atoms with E-state index in [1.807, 2.05) is 24.3 Å². The molecule has 4 aromatic heterocycles. The summed E-state index contributed by atoms with van der Waals surface area (Å²) >= 11 is 0. The highest BCUT2D eigenvalue weighted by atomic mass is 16.3. The lowest BCUT2D eigenvalue weighted by atomic mass is 9.89. The third kappa shape index (κ3) is 2.15. The summed E-state index contributed by atoms with van der Waals surface area (Å²) in [4.78, 5) is 7.46. The number of aromatic amines is 2. The number of nitrogens with one attached hydrogen (secondary N) is 2. The summed E-state index contributed by atoms with van der Waals surface area (Å²) in [6.45, 7) is 0. The summed E-state index contributed by atoms with van der Waals surface area (Å²) in [6.07, 6.45) is 0. The number of rotatable bonds is 0. The van der Waals surface area contributed by atoms with Gasteiger partial charge in [0.1, 0.15) is 11.2 Å². The monoisotopic (exact) mass is 462 g/mol. The number of hydrogen-bond donors (Lipinski definition) is 2. The summed E-state index contributed by atoms with van der Waals surface area (Å²) in [5.74, 6) is 1.68. The largest absolute Gasteiger partial charge is 0.454 e. The number of H-pyrrole nitrogens is 2. The maximum absolute atomic E-state index is 6.68. The highest BCUT2D eigenvalue weighted by Crippen LogP contribution is 2.56. The molecule has 0 spiro atoms. The number of hydrogen-bond acceptors (Lipinski definition) is 2. The minimum absolute atomic E-state index is 0.839. The minimum Gasteiger partial charge on any atom is -0.454 e. The van der Waals surface area contributed by atoms with Gasteiger partial charge in [-0.05, 0) is 24.3 Å². The van der Waals surface area contributed by atoms with Crippen LogP contribution in [0.2, 0.25) is 0 Å². The van der Waals surface area contributed by atoms with Crippen molar-refractivity contribution in [1.82, 2.24) is 9.97 Å². The number of furan rings is 2. The molecule has 1 aliphatic rings. The predicted molar refractivity (Wildman–Crippen MR) is 145 cm³/mol. The second kappa shape index (κ2) is 6.37. The molecule has 0 amide bonds. The Bertz CT molecular complexity index is 1850. The molecule has 1 aliphatic carbocycles. The fourth-order valence-electron chi connectivity index (χ4n) is 6.08. The van der Waals surface area contributed by atoms with Crippen LogP contribution < -0.4 is 0 Å². The predicted octanol–water partition coefficient (Wildman–Crippen LogP) is 9.12. The number of aromatic nitrogens is 2. The summed E-state index contributed by atoms with van der Waals surface area (Å²) in [7, 11) is 0. The first-order valence-corrected chi connectivity index (χ1v) is 12.1. The van der Waals surface area contributed by atoms with Crippen LogP contribution in [-0.2, 0) is 0 Å². The zero-order valence-corrected chi connectivity index (χ0v) is 19.1. The van der Waals surface area contributed by atoms with Gasteiger partial charge in [0.05, 0.1) is 11.4 Å². The van der Waals surface area contributed by atoms with E-state index in [0.29, 0.717) is 0 Å². The zero-order chi connectivity index (χ0) is 23.4. The van der Waals surface area contributed by atoms with Gasteiger partial charge in [0.2, 0.25) is 0 Å². The van der Waals surface area contributed by atoms with E-state index in [9.17, 15) is 0 Å². The molecular formula is C32H18N2O2. The van der Waals surface area contributed by atoms with Crippen LogP contribution in [0.3, 0.4) is 0 Å². The lowest BCUT2D eigenvalue weighted by Crippen LogP contribution is -1.91. The smallest absolute Gasteiger partial charge is 0.160 e. The van der Waals surface area contributed by atoms with Crippen LogP contribution in [0.25, 0.3) is 88.9 Å². The lowest BCUT2D eigenvalue weighted by Gasteiger charge is -2.12. The van der Waals surface area contributed by atoms with Gasteiger partial charge in [0, 0.05) is 54.8 Å². The lowest BCUT2D eigenvalue weighted by molar-refractivity contribution is 0.625. The van der Waals surface area contributed by atoms with Crippen LogP contribution in [0.1, 0.15) is 0 Å². The SMILES string of the molecule is c1ccc2c3c([nH]c2c1)-c1oc2ccccc2c1-c1c(oc2ccccc12)-c1[nH]c2ccccc2c1-3. The molecule has 168 valence electrons. The van der Waals surface area contributed by atoms with Crippen LogP contribution in [0, 0.1) is 0 Å². The Morgan fingerprint density at radius 1 is 0.389 bits per heavy atom. The standard InChI is InChI=1S/C32H18N2O2/c1-5-13-21-17(9-1)25-26-18-10-2-6-14-22(18)34-30(26)32-28(20-12-4-8-16-24(20)36-32)27-19-11-3-7-15-23(19)35-31(27)29(25)33-21/h1-16,33-34H. The molecule has 8 aromatic rings. The molecule has 0 atom stereocenters. The number of benzene rings is 4. The minimum atomic E-state index is 0.839. The Morgan fingerprint density at radius 3 is 1.25 bits per heavy atom. The van der Waals surface area contributed by atoms with Gasteiger partial charge in [-0.1, -0.05) is 72.8 Å². The molecule has 0 unspecified atom stereocenters. The van der Waals surface area contributed by atoms with E-state index >= 15 is 0 Å². The zero-order valence-electron chi connectivity index (χ0n) is 19.1. The summed E-state index contributed by atoms with van der Waals surface area (Å²) in [5.41, 5.74) is 10.2. The molecule has 0 radical (unpaired) electrons. The van der Waals surface area contributed by atoms with E-state index in [-0.39, 0.29) is 0 Å². The second-order valence-corrected chi connectivity index (χ2v) is 9.45. The molecule has 0 bridgehead atoms. The number of para-hydroxylation sites is 4. The summed E-state index contributed by atoms with van der Waals surface area (Å²) in [5, 5.41) is 4.46. The van der Waals surface area contributed by atoms with Gasteiger partial charge < -0.3 is 18.8 Å². The van der Waals surface area contributed by atoms with Crippen molar-refractivity contribution in [2.45, 2.75) is 0 Å². The van der Waals surface area contributed by atoms with Crippen LogP contribution in [0.4, 0.5) is 0 Å². The topological polar surface area (TPSA) is 57.9 Å². The van der Waals surface area contributed by atoms with Crippen molar-refractivity contribution in [3.63, 3.8) is 0 Å². The summed E-state index contributed by atoms with van der Waals surface area (Å²) in [6, 6.07) is 33.5. The third-order valence-corrected chi connectivity index (χ3v) is 7.56. The first-order chi connectivity index (χ1) is 17.9. The molecule has 0 saturated carbocycles. The van der Waals surface area contributed by atoms with Gasteiger partial charge in [-0.25, -0.2) is 0 Å².